The van der Waals surface area contributed by atoms with Crippen LogP contribution in [0.2, 0.25) is 0 Å². The predicted molar refractivity (Wildman–Crippen MR) is 111 cm³/mol. The average molecular weight is 422 g/mol. The van der Waals surface area contributed by atoms with Gasteiger partial charge in [0, 0.05) is 17.5 Å². The van der Waals surface area contributed by atoms with E-state index in [2.05, 4.69) is 5.32 Å². The SMILES string of the molecule is CC(C)(C)N1C(=O)[C@@H]2[C@H](Cc3ccccc3)[NH2+][C@@]3(C(=O)Nc4ccc(F)cc43)[C@@H]2C1=O. The highest BCUT2D eigenvalue weighted by molar-refractivity contribution is 6.14. The number of carbonyl (C=O) groups is 3. The third kappa shape index (κ3) is 2.69. The molecule has 2 saturated heterocycles. The number of carbonyl (C=O) groups excluding carboxylic acids is 3. The highest BCUT2D eigenvalue weighted by atomic mass is 19.1. The summed E-state index contributed by atoms with van der Waals surface area (Å²) in [6.45, 7) is 5.44. The number of likely N-dealkylation sites (tertiary alicyclic amines) is 1. The molecule has 0 saturated carbocycles. The average Bonchev–Trinajstić information content (AvgIpc) is 3.27. The molecule has 7 heteroatoms. The Morgan fingerprint density at radius 1 is 1.06 bits per heavy atom. The maximum atomic E-state index is 14.2. The molecule has 31 heavy (non-hydrogen) atoms. The summed E-state index contributed by atoms with van der Waals surface area (Å²) >= 11 is 0. The third-order valence-electron chi connectivity index (χ3n) is 6.82. The summed E-state index contributed by atoms with van der Waals surface area (Å²) in [6.07, 6.45) is 0.526. The van der Waals surface area contributed by atoms with Crippen LogP contribution in [0.1, 0.15) is 31.9 Å². The first-order valence-electron chi connectivity index (χ1n) is 10.5. The Labute approximate surface area is 179 Å². The molecular formula is C24H25FN3O3+. The summed E-state index contributed by atoms with van der Waals surface area (Å²) < 4.78 is 14.2. The molecule has 160 valence electrons. The Balaban J connectivity index is 1.68. The molecule has 2 aromatic rings. The van der Waals surface area contributed by atoms with Crippen LogP contribution in [0.4, 0.5) is 10.1 Å². The summed E-state index contributed by atoms with van der Waals surface area (Å²) in [5.41, 5.74) is -0.103. The lowest BCUT2D eigenvalue weighted by Gasteiger charge is -2.33. The normalized spacial score (nSPS) is 29.5. The Morgan fingerprint density at radius 3 is 2.45 bits per heavy atom. The monoisotopic (exact) mass is 422 g/mol. The zero-order valence-corrected chi connectivity index (χ0v) is 17.7. The number of hydrogen-bond donors (Lipinski definition) is 2. The molecule has 2 fully saturated rings. The van der Waals surface area contributed by atoms with E-state index in [1.807, 2.05) is 56.4 Å². The van der Waals surface area contributed by atoms with Gasteiger partial charge in [-0.1, -0.05) is 30.3 Å². The number of rotatable bonds is 2. The third-order valence-corrected chi connectivity index (χ3v) is 6.82. The standard InChI is InChI=1S/C24H24FN3O3/c1-23(2,3)28-20(29)18-17(11-13-7-5-4-6-8-13)27-24(19(18)21(28)30)15-12-14(25)9-10-16(15)26-22(24)31/h4-10,12,17-19,27H,11H2,1-3H3,(H,26,31)/p+1/t17-,18+,19-,24+/m0/s1. The second-order valence-electron chi connectivity index (χ2n) is 9.72. The van der Waals surface area contributed by atoms with Gasteiger partial charge in [0.2, 0.25) is 17.4 Å². The van der Waals surface area contributed by atoms with Gasteiger partial charge in [-0.15, -0.1) is 0 Å². The highest BCUT2D eigenvalue weighted by Crippen LogP contribution is 2.50. The second-order valence-corrected chi connectivity index (χ2v) is 9.72. The van der Waals surface area contributed by atoms with E-state index in [4.69, 9.17) is 0 Å². The molecule has 6 nitrogen and oxygen atoms in total. The molecule has 3 N–H and O–H groups in total. The van der Waals surface area contributed by atoms with E-state index in [0.717, 1.165) is 5.56 Å². The van der Waals surface area contributed by atoms with Crippen LogP contribution >= 0.6 is 0 Å². The molecule has 0 aromatic heterocycles. The number of nitrogens with two attached hydrogens (primary N) is 1. The highest BCUT2D eigenvalue weighted by Gasteiger charge is 2.74. The first-order chi connectivity index (χ1) is 14.6. The maximum absolute atomic E-state index is 14.2. The number of amides is 3. The number of quaternary nitrogens is 1. The minimum Gasteiger partial charge on any atom is -0.326 e. The van der Waals surface area contributed by atoms with Gasteiger partial charge in [-0.2, -0.15) is 0 Å². The maximum Gasteiger partial charge on any atom is 0.291 e. The lowest BCUT2D eigenvalue weighted by Crippen LogP contribution is -2.99. The molecule has 3 aliphatic heterocycles. The quantitative estimate of drug-likeness (QED) is 0.721. The fraction of sp³-hybridized carbons (Fsp3) is 0.375. The van der Waals surface area contributed by atoms with Crippen molar-refractivity contribution in [2.24, 2.45) is 11.8 Å². The minimum absolute atomic E-state index is 0.255. The number of imide groups is 1. The molecule has 0 bridgehead atoms. The predicted octanol–water partition coefficient (Wildman–Crippen LogP) is 1.56. The summed E-state index contributed by atoms with van der Waals surface area (Å²) in [5.74, 6) is -3.00. The molecule has 4 atom stereocenters. The van der Waals surface area contributed by atoms with Gasteiger partial charge >= 0.3 is 0 Å². The number of benzene rings is 2. The zero-order chi connectivity index (χ0) is 22.1. The van der Waals surface area contributed by atoms with Gasteiger partial charge in [-0.05, 0) is 44.5 Å². The van der Waals surface area contributed by atoms with Gasteiger partial charge in [0.05, 0.1) is 5.69 Å². The van der Waals surface area contributed by atoms with Crippen LogP contribution in [-0.2, 0) is 26.3 Å². The van der Waals surface area contributed by atoms with Crippen molar-refractivity contribution >= 4 is 23.4 Å². The van der Waals surface area contributed by atoms with E-state index in [9.17, 15) is 18.8 Å². The molecule has 0 radical (unpaired) electrons. The smallest absolute Gasteiger partial charge is 0.291 e. The van der Waals surface area contributed by atoms with E-state index in [0.29, 0.717) is 17.7 Å². The number of anilines is 1. The van der Waals surface area contributed by atoms with Crippen molar-refractivity contribution in [1.29, 1.82) is 0 Å². The summed E-state index contributed by atoms with van der Waals surface area (Å²) in [4.78, 5) is 41.9. The van der Waals surface area contributed by atoms with Crippen LogP contribution in [-0.4, -0.2) is 34.2 Å². The van der Waals surface area contributed by atoms with Crippen molar-refractivity contribution in [2.75, 3.05) is 5.32 Å². The molecule has 5 rings (SSSR count). The first-order valence-corrected chi connectivity index (χ1v) is 10.5. The van der Waals surface area contributed by atoms with Crippen LogP contribution in [0, 0.1) is 17.7 Å². The van der Waals surface area contributed by atoms with E-state index in [-0.39, 0.29) is 23.8 Å². The zero-order valence-electron chi connectivity index (χ0n) is 17.7. The summed E-state index contributed by atoms with van der Waals surface area (Å²) in [6, 6.07) is 13.5. The number of nitrogens with zero attached hydrogens (tertiary/aromatic N) is 1. The number of hydrogen-bond acceptors (Lipinski definition) is 3. The van der Waals surface area contributed by atoms with Gasteiger partial charge in [-0.3, -0.25) is 19.3 Å². The number of halogens is 1. The summed E-state index contributed by atoms with van der Waals surface area (Å²) in [5, 5.41) is 4.66. The number of fused-ring (bicyclic) bond motifs is 4. The molecule has 0 unspecified atom stereocenters. The second kappa shape index (κ2) is 6.47. The molecule has 3 aliphatic rings. The van der Waals surface area contributed by atoms with E-state index in [1.165, 1.54) is 23.1 Å². The lowest BCUT2D eigenvalue weighted by molar-refractivity contribution is -0.733. The lowest BCUT2D eigenvalue weighted by atomic mass is 9.76. The van der Waals surface area contributed by atoms with Crippen LogP contribution in [0.15, 0.2) is 48.5 Å². The fourth-order valence-electron chi connectivity index (χ4n) is 5.67. The molecule has 1 spiro atoms. The van der Waals surface area contributed by atoms with Crippen LogP contribution in [0.5, 0.6) is 0 Å². The topological polar surface area (TPSA) is 83.1 Å². The van der Waals surface area contributed by atoms with Gasteiger partial charge in [-0.25, -0.2) is 4.39 Å². The Morgan fingerprint density at radius 2 is 1.77 bits per heavy atom. The van der Waals surface area contributed by atoms with Crippen LogP contribution in [0.3, 0.4) is 0 Å². The Hall–Kier alpha value is -3.06. The fourth-order valence-corrected chi connectivity index (χ4v) is 5.67. The van der Waals surface area contributed by atoms with E-state index >= 15 is 0 Å². The van der Waals surface area contributed by atoms with Crippen molar-refractivity contribution in [3.05, 3.63) is 65.5 Å². The van der Waals surface area contributed by atoms with Crippen LogP contribution < -0.4 is 10.6 Å². The minimum atomic E-state index is -1.35. The molecular weight excluding hydrogens is 397 g/mol. The number of nitrogens with one attached hydrogen (secondary N) is 1. The Kier molecular flexibility index (Phi) is 4.15. The van der Waals surface area contributed by atoms with E-state index in [1.54, 1.807) is 0 Å². The van der Waals surface area contributed by atoms with Crippen molar-refractivity contribution < 1.29 is 24.1 Å². The van der Waals surface area contributed by atoms with Gasteiger partial charge in [0.1, 0.15) is 23.7 Å². The molecule has 2 aromatic carbocycles. The van der Waals surface area contributed by atoms with Crippen molar-refractivity contribution in [1.82, 2.24) is 4.90 Å². The summed E-state index contributed by atoms with van der Waals surface area (Å²) in [7, 11) is 0. The van der Waals surface area contributed by atoms with Gasteiger partial charge in [0.25, 0.3) is 5.91 Å². The van der Waals surface area contributed by atoms with Crippen LogP contribution in [0.25, 0.3) is 0 Å². The first kappa shape index (κ1) is 19.9. The Bertz CT molecular complexity index is 1110. The molecule has 3 amide bonds. The van der Waals surface area contributed by atoms with Gasteiger partial charge in [0.15, 0.2) is 0 Å². The molecule has 0 aliphatic carbocycles. The van der Waals surface area contributed by atoms with E-state index < -0.39 is 28.7 Å². The van der Waals surface area contributed by atoms with Crippen molar-refractivity contribution in [3.63, 3.8) is 0 Å². The molecule has 3 heterocycles. The largest absolute Gasteiger partial charge is 0.326 e. The van der Waals surface area contributed by atoms with Crippen molar-refractivity contribution in [3.8, 4) is 0 Å². The van der Waals surface area contributed by atoms with Gasteiger partial charge < -0.3 is 10.6 Å². The van der Waals surface area contributed by atoms with Crippen molar-refractivity contribution in [2.45, 2.75) is 44.3 Å².